The number of hydrogen-bond donors (Lipinski definition) is 0. The van der Waals surface area contributed by atoms with Crippen LogP contribution in [0.5, 0.6) is 0 Å². The van der Waals surface area contributed by atoms with Crippen LogP contribution in [0.4, 0.5) is 0 Å². The summed E-state index contributed by atoms with van der Waals surface area (Å²) in [5.74, 6) is 0. The molecule has 0 saturated heterocycles. The fourth-order valence-corrected chi connectivity index (χ4v) is 8.46. The quantitative estimate of drug-likeness (QED) is 0.168. The third-order valence-electron chi connectivity index (χ3n) is 11.1. The van der Waals surface area contributed by atoms with Crippen molar-refractivity contribution in [2.45, 2.75) is 0 Å². The van der Waals surface area contributed by atoms with Gasteiger partial charge >= 0.3 is 0 Å². The normalized spacial score (nSPS) is 11.6. The van der Waals surface area contributed by atoms with E-state index in [1.54, 1.807) is 0 Å². The lowest BCUT2D eigenvalue weighted by molar-refractivity contribution is 1.18. The number of benzene rings is 8. The standard InChI is InChI=1S/C53H35N3/c1-3-13-36(14-4-1)37-25-27-38(28-26-37)48-21-12-22-49(54-48)41-15-11-18-43(33-41)56-51-24-10-8-20-45(51)47-35-40(30-32-53(47)56)39-29-31-52-46(34-39)44-19-7-9-23-50(44)55(52)42-16-5-2-6-17-42/h1-35H. The zero-order valence-corrected chi connectivity index (χ0v) is 30.5. The van der Waals surface area contributed by atoms with Gasteiger partial charge < -0.3 is 9.13 Å². The van der Waals surface area contributed by atoms with E-state index in [-0.39, 0.29) is 0 Å². The van der Waals surface area contributed by atoms with Gasteiger partial charge in [-0.15, -0.1) is 0 Å². The van der Waals surface area contributed by atoms with Crippen LogP contribution in [0.1, 0.15) is 0 Å². The van der Waals surface area contributed by atoms with Gasteiger partial charge in [0.2, 0.25) is 0 Å². The van der Waals surface area contributed by atoms with Crippen LogP contribution in [0.25, 0.3) is 99.8 Å². The third-order valence-corrected chi connectivity index (χ3v) is 11.1. The van der Waals surface area contributed by atoms with E-state index in [1.165, 1.54) is 71.6 Å². The first kappa shape index (κ1) is 32.0. The molecule has 262 valence electrons. The second-order valence-electron chi connectivity index (χ2n) is 14.4. The molecule has 11 rings (SSSR count). The van der Waals surface area contributed by atoms with Crippen molar-refractivity contribution in [1.82, 2.24) is 14.1 Å². The van der Waals surface area contributed by atoms with E-state index >= 15 is 0 Å². The molecule has 0 bridgehead atoms. The predicted molar refractivity (Wildman–Crippen MR) is 235 cm³/mol. The van der Waals surface area contributed by atoms with Crippen LogP contribution in [-0.4, -0.2) is 14.1 Å². The second-order valence-corrected chi connectivity index (χ2v) is 14.4. The Labute approximate surface area is 325 Å². The molecule has 0 fully saturated rings. The van der Waals surface area contributed by atoms with E-state index in [0.29, 0.717) is 0 Å². The molecule has 0 radical (unpaired) electrons. The number of fused-ring (bicyclic) bond motifs is 6. The summed E-state index contributed by atoms with van der Waals surface area (Å²) in [5, 5.41) is 4.97. The largest absolute Gasteiger partial charge is 0.309 e. The van der Waals surface area contributed by atoms with E-state index in [9.17, 15) is 0 Å². The molecule has 0 amide bonds. The maximum absolute atomic E-state index is 5.16. The summed E-state index contributed by atoms with van der Waals surface area (Å²) in [6.45, 7) is 0. The van der Waals surface area contributed by atoms with Crippen molar-refractivity contribution in [3.8, 4) is 56.1 Å². The molecule has 0 saturated carbocycles. The lowest BCUT2D eigenvalue weighted by atomic mass is 10.0. The van der Waals surface area contributed by atoms with Crippen molar-refractivity contribution < 1.29 is 0 Å². The van der Waals surface area contributed by atoms with Crippen LogP contribution < -0.4 is 0 Å². The van der Waals surface area contributed by atoms with Gasteiger partial charge in [-0.2, -0.15) is 0 Å². The minimum atomic E-state index is 0.948. The molecule has 0 atom stereocenters. The average Bonchev–Trinajstić information content (AvgIpc) is 3.79. The summed E-state index contributed by atoms with van der Waals surface area (Å²) >= 11 is 0. The monoisotopic (exact) mass is 713 g/mol. The molecule has 3 nitrogen and oxygen atoms in total. The maximum atomic E-state index is 5.16. The van der Waals surface area contributed by atoms with Crippen molar-refractivity contribution in [3.63, 3.8) is 0 Å². The highest BCUT2D eigenvalue weighted by Crippen LogP contribution is 2.39. The smallest absolute Gasteiger partial charge is 0.0710 e. The summed E-state index contributed by atoms with van der Waals surface area (Å²) in [7, 11) is 0. The molecule has 0 spiro atoms. The van der Waals surface area contributed by atoms with Gasteiger partial charge in [0.1, 0.15) is 0 Å². The number of rotatable bonds is 6. The fourth-order valence-electron chi connectivity index (χ4n) is 8.46. The molecule has 0 unspecified atom stereocenters. The second kappa shape index (κ2) is 13.1. The van der Waals surface area contributed by atoms with Gasteiger partial charge in [0.15, 0.2) is 0 Å². The molecule has 8 aromatic carbocycles. The van der Waals surface area contributed by atoms with Crippen molar-refractivity contribution in [3.05, 3.63) is 212 Å². The minimum absolute atomic E-state index is 0.948. The van der Waals surface area contributed by atoms with Crippen LogP contribution in [-0.2, 0) is 0 Å². The molecular weight excluding hydrogens is 679 g/mol. The Bertz CT molecular complexity index is 3230. The van der Waals surface area contributed by atoms with Gasteiger partial charge in [0.05, 0.1) is 33.5 Å². The zero-order chi connectivity index (χ0) is 37.0. The minimum Gasteiger partial charge on any atom is -0.309 e. The van der Waals surface area contributed by atoms with Gasteiger partial charge in [0.25, 0.3) is 0 Å². The first-order valence-electron chi connectivity index (χ1n) is 19.1. The van der Waals surface area contributed by atoms with Crippen LogP contribution in [0.15, 0.2) is 212 Å². The summed E-state index contributed by atoms with van der Waals surface area (Å²) < 4.78 is 4.76. The number of nitrogens with zero attached hydrogens (tertiary/aromatic N) is 3. The lowest BCUT2D eigenvalue weighted by Gasteiger charge is -2.11. The van der Waals surface area contributed by atoms with Crippen LogP contribution >= 0.6 is 0 Å². The van der Waals surface area contributed by atoms with Crippen molar-refractivity contribution in [1.29, 1.82) is 0 Å². The van der Waals surface area contributed by atoms with Crippen molar-refractivity contribution >= 4 is 43.6 Å². The molecule has 0 aliphatic rings. The summed E-state index contributed by atoms with van der Waals surface area (Å²) in [5.41, 5.74) is 16.0. The average molecular weight is 714 g/mol. The van der Waals surface area contributed by atoms with E-state index in [1.807, 2.05) is 6.07 Å². The van der Waals surface area contributed by atoms with Crippen molar-refractivity contribution in [2.75, 3.05) is 0 Å². The number of hydrogen-bond acceptors (Lipinski definition) is 1. The Morgan fingerprint density at radius 1 is 0.250 bits per heavy atom. The molecular formula is C53H35N3. The molecule has 0 N–H and O–H groups in total. The molecule has 56 heavy (non-hydrogen) atoms. The number of para-hydroxylation sites is 3. The summed E-state index contributed by atoms with van der Waals surface area (Å²) in [6.07, 6.45) is 0. The Morgan fingerprint density at radius 2 is 0.679 bits per heavy atom. The van der Waals surface area contributed by atoms with Crippen molar-refractivity contribution in [2.24, 2.45) is 0 Å². The molecule has 3 heteroatoms. The first-order valence-corrected chi connectivity index (χ1v) is 19.1. The molecule has 11 aromatic rings. The lowest BCUT2D eigenvalue weighted by Crippen LogP contribution is -1.95. The Balaban J connectivity index is 0.984. The Morgan fingerprint density at radius 3 is 1.32 bits per heavy atom. The highest BCUT2D eigenvalue weighted by molar-refractivity contribution is 6.12. The number of aromatic nitrogens is 3. The van der Waals surface area contributed by atoms with Gasteiger partial charge in [-0.1, -0.05) is 140 Å². The Kier molecular flexibility index (Phi) is 7.49. The van der Waals surface area contributed by atoms with E-state index in [0.717, 1.165) is 28.2 Å². The van der Waals surface area contributed by atoms with E-state index in [4.69, 9.17) is 4.98 Å². The fraction of sp³-hybridized carbons (Fsp3) is 0. The SMILES string of the molecule is c1ccc(-c2ccc(-c3cccc(-c4cccc(-n5c6ccccc6c6cc(-c7ccc8c(c7)c7ccccc7n8-c7ccccc7)ccc65)c4)n3)cc2)cc1. The van der Waals surface area contributed by atoms with Gasteiger partial charge in [-0.3, -0.25) is 0 Å². The molecule has 3 aromatic heterocycles. The van der Waals surface area contributed by atoms with E-state index < -0.39 is 0 Å². The van der Waals surface area contributed by atoms with Gasteiger partial charge in [-0.25, -0.2) is 4.98 Å². The highest BCUT2D eigenvalue weighted by atomic mass is 15.0. The molecule has 0 aliphatic heterocycles. The summed E-state index contributed by atoms with van der Waals surface area (Å²) in [6, 6.07) is 76.2. The molecule has 0 aliphatic carbocycles. The number of pyridine rings is 1. The maximum Gasteiger partial charge on any atom is 0.0710 e. The predicted octanol–water partition coefficient (Wildman–Crippen LogP) is 13.9. The highest BCUT2D eigenvalue weighted by Gasteiger charge is 2.16. The first-order chi connectivity index (χ1) is 27.8. The van der Waals surface area contributed by atoms with Crippen LogP contribution in [0, 0.1) is 0 Å². The van der Waals surface area contributed by atoms with Gasteiger partial charge in [-0.05, 0) is 95.1 Å². The van der Waals surface area contributed by atoms with Crippen LogP contribution in [0.3, 0.4) is 0 Å². The zero-order valence-electron chi connectivity index (χ0n) is 30.5. The summed E-state index contributed by atoms with van der Waals surface area (Å²) in [4.78, 5) is 5.16. The third kappa shape index (κ3) is 5.32. The van der Waals surface area contributed by atoms with E-state index in [2.05, 4.69) is 215 Å². The van der Waals surface area contributed by atoms with Gasteiger partial charge in [0, 0.05) is 44.0 Å². The van der Waals surface area contributed by atoms with Crippen LogP contribution in [0.2, 0.25) is 0 Å². The topological polar surface area (TPSA) is 22.8 Å². The molecule has 3 heterocycles. The Hall–Kier alpha value is -7.49.